The van der Waals surface area contributed by atoms with Crippen molar-refractivity contribution in [2.75, 3.05) is 16.3 Å². The van der Waals surface area contributed by atoms with E-state index in [0.29, 0.717) is 17.9 Å². The molecular formula is C15H19N3O2S. The zero-order chi connectivity index (χ0) is 15.5. The highest BCUT2D eigenvalue weighted by Crippen LogP contribution is 2.26. The molecule has 2 aromatic carbocycles. The number of nitrogens with one attached hydrogen (secondary N) is 1. The van der Waals surface area contributed by atoms with E-state index in [1.807, 2.05) is 38.1 Å². The van der Waals surface area contributed by atoms with Gasteiger partial charge in [-0.2, -0.15) is 0 Å². The summed E-state index contributed by atoms with van der Waals surface area (Å²) >= 11 is 0. The fourth-order valence-electron chi connectivity index (χ4n) is 2.16. The Morgan fingerprint density at radius 2 is 1.71 bits per heavy atom. The molecule has 0 bridgehead atoms. The Bertz CT molecular complexity index is 712. The summed E-state index contributed by atoms with van der Waals surface area (Å²) in [6.45, 7) is 4.08. The van der Waals surface area contributed by atoms with Gasteiger partial charge in [0.05, 0.1) is 10.6 Å². The summed E-state index contributed by atoms with van der Waals surface area (Å²) in [7, 11) is -3.59. The van der Waals surface area contributed by atoms with Crippen molar-refractivity contribution in [1.29, 1.82) is 0 Å². The summed E-state index contributed by atoms with van der Waals surface area (Å²) in [5, 5.41) is 0. The minimum atomic E-state index is -3.59. The normalized spacial score (nSPS) is 11.2. The Hall–Kier alpha value is -2.05. The molecule has 0 atom stereocenters. The lowest BCUT2D eigenvalue weighted by Crippen LogP contribution is -2.31. The van der Waals surface area contributed by atoms with Gasteiger partial charge in [-0.05, 0) is 49.7 Å². The van der Waals surface area contributed by atoms with Crippen LogP contribution in [0, 0.1) is 6.92 Å². The van der Waals surface area contributed by atoms with Crippen LogP contribution in [0.5, 0.6) is 0 Å². The maximum absolute atomic E-state index is 12.8. The zero-order valence-electron chi connectivity index (χ0n) is 12.1. The summed E-state index contributed by atoms with van der Waals surface area (Å²) < 4.78 is 27.0. The predicted octanol–water partition coefficient (Wildman–Crippen LogP) is 2.50. The molecule has 0 saturated carbocycles. The standard InChI is InChI=1S/C15H19N3O2S/c1-3-18(15-7-5-4-6-12(15)2)21(19,20)14-10-8-13(17-16)9-11-14/h4-11,17H,3,16H2,1-2H3. The number of nitrogens with zero attached hydrogens (tertiary/aromatic N) is 1. The maximum Gasteiger partial charge on any atom is 0.264 e. The van der Waals surface area contributed by atoms with E-state index in [1.54, 1.807) is 24.3 Å². The third-order valence-corrected chi connectivity index (χ3v) is 5.18. The molecule has 2 aromatic rings. The molecule has 6 heteroatoms. The smallest absolute Gasteiger partial charge is 0.264 e. The Balaban J connectivity index is 2.47. The van der Waals surface area contributed by atoms with E-state index in [2.05, 4.69) is 5.43 Å². The monoisotopic (exact) mass is 305 g/mol. The highest BCUT2D eigenvalue weighted by molar-refractivity contribution is 7.92. The number of nitrogens with two attached hydrogens (primary N) is 1. The molecule has 0 radical (unpaired) electrons. The van der Waals surface area contributed by atoms with Gasteiger partial charge in [0.15, 0.2) is 0 Å². The van der Waals surface area contributed by atoms with Gasteiger partial charge in [0.2, 0.25) is 0 Å². The molecule has 21 heavy (non-hydrogen) atoms. The fraction of sp³-hybridized carbons (Fsp3) is 0.200. The molecule has 0 saturated heterocycles. The van der Waals surface area contributed by atoms with E-state index in [4.69, 9.17) is 5.84 Å². The van der Waals surface area contributed by atoms with E-state index in [0.717, 1.165) is 5.56 Å². The molecule has 3 N–H and O–H groups in total. The second-order valence-electron chi connectivity index (χ2n) is 4.62. The van der Waals surface area contributed by atoms with E-state index in [-0.39, 0.29) is 4.90 Å². The van der Waals surface area contributed by atoms with Gasteiger partial charge >= 0.3 is 0 Å². The van der Waals surface area contributed by atoms with Gasteiger partial charge in [-0.1, -0.05) is 18.2 Å². The number of hydrogen-bond donors (Lipinski definition) is 2. The van der Waals surface area contributed by atoms with Crippen molar-refractivity contribution in [1.82, 2.24) is 0 Å². The summed E-state index contributed by atoms with van der Waals surface area (Å²) in [6, 6.07) is 13.8. The predicted molar refractivity (Wildman–Crippen MR) is 85.6 cm³/mol. The summed E-state index contributed by atoms with van der Waals surface area (Å²) in [6.07, 6.45) is 0. The first-order chi connectivity index (χ1) is 10.0. The average Bonchev–Trinajstić information content (AvgIpc) is 2.50. The number of rotatable bonds is 5. The highest BCUT2D eigenvalue weighted by atomic mass is 32.2. The first-order valence-electron chi connectivity index (χ1n) is 6.65. The van der Waals surface area contributed by atoms with Crippen LogP contribution in [-0.4, -0.2) is 15.0 Å². The molecule has 2 rings (SSSR count). The first kappa shape index (κ1) is 15.3. The lowest BCUT2D eigenvalue weighted by atomic mass is 10.2. The van der Waals surface area contributed by atoms with Gasteiger partial charge in [-0.3, -0.25) is 10.1 Å². The maximum atomic E-state index is 12.8. The molecule has 0 aliphatic carbocycles. The second kappa shape index (κ2) is 6.15. The van der Waals surface area contributed by atoms with Crippen LogP contribution in [0.4, 0.5) is 11.4 Å². The highest BCUT2D eigenvalue weighted by Gasteiger charge is 2.24. The van der Waals surface area contributed by atoms with Crippen molar-refractivity contribution >= 4 is 21.4 Å². The molecule has 0 unspecified atom stereocenters. The quantitative estimate of drug-likeness (QED) is 0.657. The summed E-state index contributed by atoms with van der Waals surface area (Å²) in [5.74, 6) is 5.30. The van der Waals surface area contributed by atoms with Crippen molar-refractivity contribution in [3.63, 3.8) is 0 Å². The topological polar surface area (TPSA) is 75.4 Å². The van der Waals surface area contributed by atoms with Crippen molar-refractivity contribution in [3.8, 4) is 0 Å². The van der Waals surface area contributed by atoms with Crippen molar-refractivity contribution in [3.05, 3.63) is 54.1 Å². The molecule has 5 nitrogen and oxygen atoms in total. The molecule has 0 aromatic heterocycles. The minimum Gasteiger partial charge on any atom is -0.324 e. The zero-order valence-corrected chi connectivity index (χ0v) is 12.9. The third-order valence-electron chi connectivity index (χ3n) is 3.28. The molecule has 0 heterocycles. The van der Waals surface area contributed by atoms with Crippen molar-refractivity contribution < 1.29 is 8.42 Å². The van der Waals surface area contributed by atoms with Crippen LogP contribution < -0.4 is 15.6 Å². The second-order valence-corrected chi connectivity index (χ2v) is 6.49. The molecule has 0 aliphatic heterocycles. The lowest BCUT2D eigenvalue weighted by Gasteiger charge is -2.24. The fourth-order valence-corrected chi connectivity index (χ4v) is 3.70. The van der Waals surface area contributed by atoms with Gasteiger partial charge < -0.3 is 5.43 Å². The lowest BCUT2D eigenvalue weighted by molar-refractivity contribution is 0.592. The molecule has 0 fully saturated rings. The molecular weight excluding hydrogens is 286 g/mol. The molecule has 112 valence electrons. The summed E-state index contributed by atoms with van der Waals surface area (Å²) in [4.78, 5) is 0.242. The van der Waals surface area contributed by atoms with Crippen LogP contribution in [0.25, 0.3) is 0 Å². The van der Waals surface area contributed by atoms with Gasteiger partial charge in [-0.15, -0.1) is 0 Å². The van der Waals surface area contributed by atoms with Crippen molar-refractivity contribution in [2.24, 2.45) is 5.84 Å². The van der Waals surface area contributed by atoms with Crippen molar-refractivity contribution in [2.45, 2.75) is 18.7 Å². The van der Waals surface area contributed by atoms with Gasteiger partial charge in [0.1, 0.15) is 0 Å². The number of nitrogen functional groups attached to an aromatic ring is 1. The Morgan fingerprint density at radius 1 is 1.10 bits per heavy atom. The number of anilines is 2. The Morgan fingerprint density at radius 3 is 2.24 bits per heavy atom. The number of hydrazine groups is 1. The largest absolute Gasteiger partial charge is 0.324 e. The van der Waals surface area contributed by atoms with Crippen LogP contribution in [0.15, 0.2) is 53.4 Å². The van der Waals surface area contributed by atoms with Crippen LogP contribution >= 0.6 is 0 Å². The van der Waals surface area contributed by atoms with E-state index >= 15 is 0 Å². The van der Waals surface area contributed by atoms with Gasteiger partial charge in [0, 0.05) is 12.2 Å². The van der Waals surface area contributed by atoms with Gasteiger partial charge in [0.25, 0.3) is 10.0 Å². The molecule has 0 spiro atoms. The van der Waals surface area contributed by atoms with Crippen LogP contribution in [0.1, 0.15) is 12.5 Å². The molecule has 0 amide bonds. The van der Waals surface area contributed by atoms with E-state index < -0.39 is 10.0 Å². The first-order valence-corrected chi connectivity index (χ1v) is 8.09. The number of para-hydroxylation sites is 1. The van der Waals surface area contributed by atoms with Crippen LogP contribution in [-0.2, 0) is 10.0 Å². The van der Waals surface area contributed by atoms with E-state index in [1.165, 1.54) is 4.31 Å². The SMILES string of the molecule is CCN(c1ccccc1C)S(=O)(=O)c1ccc(NN)cc1. The number of aryl methyl sites for hydroxylation is 1. The van der Waals surface area contributed by atoms with Crippen LogP contribution in [0.3, 0.4) is 0 Å². The average molecular weight is 305 g/mol. The van der Waals surface area contributed by atoms with Gasteiger partial charge in [-0.25, -0.2) is 8.42 Å². The minimum absolute atomic E-state index is 0.242. The number of sulfonamides is 1. The molecule has 0 aliphatic rings. The third kappa shape index (κ3) is 3.01. The Labute approximate surface area is 125 Å². The number of hydrogen-bond acceptors (Lipinski definition) is 4. The Kier molecular flexibility index (Phi) is 4.50. The summed E-state index contributed by atoms with van der Waals surface area (Å²) in [5.41, 5.74) is 4.76. The van der Waals surface area contributed by atoms with E-state index in [9.17, 15) is 8.42 Å². The van der Waals surface area contributed by atoms with Crippen LogP contribution in [0.2, 0.25) is 0 Å². The number of benzene rings is 2.